The fourth-order valence-electron chi connectivity index (χ4n) is 4.78. The molecule has 0 aliphatic carbocycles. The second-order valence-electron chi connectivity index (χ2n) is 9.60. The Morgan fingerprint density at radius 1 is 1.06 bits per heavy atom. The molecule has 0 bridgehead atoms. The van der Waals surface area contributed by atoms with Crippen LogP contribution in [0.25, 0.3) is 0 Å². The minimum Gasteiger partial charge on any atom is -0.371 e. The summed E-state index contributed by atoms with van der Waals surface area (Å²) in [7, 11) is 0. The lowest BCUT2D eigenvalue weighted by atomic mass is 9.98. The topological polar surface area (TPSA) is 21.8 Å². The highest BCUT2D eigenvalue weighted by molar-refractivity contribution is 7.80. The van der Waals surface area contributed by atoms with Crippen LogP contribution in [0.5, 0.6) is 0 Å². The van der Waals surface area contributed by atoms with Crippen molar-refractivity contribution in [1.82, 2.24) is 9.80 Å². The summed E-state index contributed by atoms with van der Waals surface area (Å²) in [6.07, 6.45) is 5.97. The molecular weight excluding hydrogens is 472 g/mol. The summed E-state index contributed by atoms with van der Waals surface area (Å²) >= 11 is 12.3. The van der Waals surface area contributed by atoms with Gasteiger partial charge in [-0.1, -0.05) is 57.0 Å². The van der Waals surface area contributed by atoms with E-state index in [1.165, 1.54) is 49.0 Å². The van der Waals surface area contributed by atoms with Gasteiger partial charge in [0.05, 0.1) is 0 Å². The Morgan fingerprint density at radius 2 is 1.86 bits per heavy atom. The number of hydrogen-bond donors (Lipinski definition) is 1. The molecule has 0 atom stereocenters. The molecule has 0 fully saturated rings. The largest absolute Gasteiger partial charge is 0.371 e. The molecule has 1 aliphatic heterocycles. The third kappa shape index (κ3) is 8.09. The Kier molecular flexibility index (Phi) is 11.1. The second kappa shape index (κ2) is 14.1. The molecule has 0 saturated heterocycles. The quantitative estimate of drug-likeness (QED) is 0.303. The van der Waals surface area contributed by atoms with E-state index in [-0.39, 0.29) is 0 Å². The average Bonchev–Trinajstić information content (AvgIpc) is 2.86. The first-order valence-corrected chi connectivity index (χ1v) is 14.1. The van der Waals surface area contributed by atoms with Crippen molar-refractivity contribution in [2.75, 3.05) is 49.5 Å². The van der Waals surface area contributed by atoms with Gasteiger partial charge in [-0.25, -0.2) is 0 Å². The first kappa shape index (κ1) is 27.8. The minimum atomic E-state index is 0.756. The molecule has 1 heterocycles. The maximum absolute atomic E-state index is 6.36. The molecule has 0 amide bonds. The number of nitrogens with one attached hydrogen (secondary N) is 1. The van der Waals surface area contributed by atoms with Gasteiger partial charge in [0.25, 0.3) is 0 Å². The van der Waals surface area contributed by atoms with Crippen LogP contribution < -0.4 is 10.2 Å². The average molecular weight is 515 g/mol. The zero-order chi connectivity index (χ0) is 25.2. The number of fused-ring (bicyclic) bond motifs is 1. The van der Waals surface area contributed by atoms with Gasteiger partial charge in [0.1, 0.15) is 0 Å². The highest BCUT2D eigenvalue weighted by Gasteiger charge is 2.18. The molecule has 2 aromatic rings. The molecule has 3 rings (SSSR count). The van der Waals surface area contributed by atoms with E-state index in [2.05, 4.69) is 59.0 Å². The van der Waals surface area contributed by atoms with Gasteiger partial charge in [-0.2, -0.15) is 0 Å². The second-order valence-corrected chi connectivity index (χ2v) is 10.4. The van der Waals surface area contributed by atoms with Crippen LogP contribution in [0, 0.1) is 6.92 Å². The van der Waals surface area contributed by atoms with E-state index in [4.69, 9.17) is 23.8 Å². The van der Waals surface area contributed by atoms with E-state index in [1.54, 1.807) is 0 Å². The van der Waals surface area contributed by atoms with Gasteiger partial charge in [0, 0.05) is 42.6 Å². The summed E-state index contributed by atoms with van der Waals surface area (Å²) in [5, 5.41) is 4.95. The summed E-state index contributed by atoms with van der Waals surface area (Å²) < 4.78 is 0. The van der Waals surface area contributed by atoms with Crippen molar-refractivity contribution in [3.63, 3.8) is 0 Å². The molecule has 35 heavy (non-hydrogen) atoms. The molecule has 0 unspecified atom stereocenters. The van der Waals surface area contributed by atoms with E-state index in [9.17, 15) is 0 Å². The van der Waals surface area contributed by atoms with Gasteiger partial charge >= 0.3 is 0 Å². The van der Waals surface area contributed by atoms with Crippen molar-refractivity contribution < 1.29 is 0 Å². The van der Waals surface area contributed by atoms with Crippen LogP contribution >= 0.6 is 23.8 Å². The van der Waals surface area contributed by atoms with Crippen molar-refractivity contribution in [3.05, 3.63) is 58.1 Å². The van der Waals surface area contributed by atoms with Crippen molar-refractivity contribution in [1.29, 1.82) is 0 Å². The highest BCUT2D eigenvalue weighted by Crippen LogP contribution is 2.29. The molecule has 0 aromatic heterocycles. The number of unbranched alkanes of at least 4 members (excludes halogenated alkanes) is 1. The van der Waals surface area contributed by atoms with E-state index in [0.717, 1.165) is 67.1 Å². The van der Waals surface area contributed by atoms with Crippen molar-refractivity contribution >= 4 is 40.3 Å². The Labute approximate surface area is 223 Å². The van der Waals surface area contributed by atoms with Crippen molar-refractivity contribution in [3.8, 4) is 0 Å². The smallest absolute Gasteiger partial charge is 0.173 e. The maximum Gasteiger partial charge on any atom is 0.173 e. The number of aryl methyl sites for hydroxylation is 2. The number of benzene rings is 2. The van der Waals surface area contributed by atoms with Gasteiger partial charge in [-0.15, -0.1) is 0 Å². The fourth-order valence-corrected chi connectivity index (χ4v) is 5.23. The van der Waals surface area contributed by atoms with Crippen LogP contribution in [0.4, 0.5) is 11.4 Å². The van der Waals surface area contributed by atoms with Crippen LogP contribution in [-0.2, 0) is 13.0 Å². The number of rotatable bonds is 12. The van der Waals surface area contributed by atoms with Crippen LogP contribution in [-0.4, -0.2) is 54.2 Å². The van der Waals surface area contributed by atoms with Crippen molar-refractivity contribution in [2.24, 2.45) is 0 Å². The molecule has 1 aliphatic rings. The minimum absolute atomic E-state index is 0.756. The summed E-state index contributed by atoms with van der Waals surface area (Å²) in [6.45, 7) is 16.1. The maximum atomic E-state index is 6.36. The Balaban J connectivity index is 1.74. The molecule has 4 nitrogen and oxygen atoms in total. The van der Waals surface area contributed by atoms with E-state index >= 15 is 0 Å². The lowest BCUT2D eigenvalue weighted by Crippen LogP contribution is -2.37. The van der Waals surface area contributed by atoms with Gasteiger partial charge in [0.15, 0.2) is 5.11 Å². The summed E-state index contributed by atoms with van der Waals surface area (Å²) in [5.41, 5.74) is 6.25. The van der Waals surface area contributed by atoms with Crippen molar-refractivity contribution in [2.45, 2.75) is 66.3 Å². The zero-order valence-corrected chi connectivity index (χ0v) is 23.6. The lowest BCUT2D eigenvalue weighted by molar-refractivity contribution is 0.281. The molecule has 6 heteroatoms. The standard InChI is InChI=1S/C29H43ClN4S/c1-5-8-17-33-18-9-11-25-20-24(13-15-28(25)33)22-34(19-10-16-32(6-2)7-3)29(35)31-26-14-12-23(4)27(30)21-26/h12-15,20-21H,5-11,16-19,22H2,1-4H3,(H,31,35). The lowest BCUT2D eigenvalue weighted by Gasteiger charge is -2.32. The summed E-state index contributed by atoms with van der Waals surface area (Å²) in [4.78, 5) is 7.35. The van der Waals surface area contributed by atoms with Gasteiger partial charge in [0.2, 0.25) is 0 Å². The van der Waals surface area contributed by atoms with E-state index in [1.807, 2.05) is 25.1 Å². The fraction of sp³-hybridized carbons (Fsp3) is 0.552. The third-order valence-corrected chi connectivity index (χ3v) is 7.79. The Bertz CT molecular complexity index is 960. The molecule has 2 aromatic carbocycles. The molecular formula is C29H43ClN4S. The number of halogens is 1. The van der Waals surface area contributed by atoms with E-state index in [0.29, 0.717) is 0 Å². The normalized spacial score (nSPS) is 13.1. The summed E-state index contributed by atoms with van der Waals surface area (Å²) in [5.74, 6) is 0. The molecule has 1 N–H and O–H groups in total. The monoisotopic (exact) mass is 514 g/mol. The number of thiocarbonyl (C=S) groups is 1. The van der Waals surface area contributed by atoms with Crippen LogP contribution in [0.1, 0.15) is 63.1 Å². The highest BCUT2D eigenvalue weighted by atomic mass is 35.5. The first-order chi connectivity index (χ1) is 16.9. The molecule has 0 radical (unpaired) electrons. The molecule has 192 valence electrons. The SMILES string of the molecule is CCCCN1CCCc2cc(CN(CCCN(CC)CC)C(=S)Nc3ccc(C)c(Cl)c3)ccc21. The Hall–Kier alpha value is -1.82. The predicted molar refractivity (Wildman–Crippen MR) is 157 cm³/mol. The number of anilines is 2. The van der Waals surface area contributed by atoms with Crippen LogP contribution in [0.3, 0.4) is 0 Å². The number of hydrogen-bond acceptors (Lipinski definition) is 3. The number of nitrogens with zero attached hydrogens (tertiary/aromatic N) is 3. The molecule has 0 spiro atoms. The molecule has 0 saturated carbocycles. The predicted octanol–water partition coefficient (Wildman–Crippen LogP) is 7.13. The summed E-state index contributed by atoms with van der Waals surface area (Å²) in [6, 6.07) is 13.1. The van der Waals surface area contributed by atoms with Gasteiger partial charge in [-0.05, 0) is 99.3 Å². The Morgan fingerprint density at radius 3 is 2.57 bits per heavy atom. The van der Waals surface area contributed by atoms with Gasteiger partial charge < -0.3 is 20.0 Å². The van der Waals surface area contributed by atoms with Crippen LogP contribution in [0.2, 0.25) is 5.02 Å². The van der Waals surface area contributed by atoms with E-state index < -0.39 is 0 Å². The van der Waals surface area contributed by atoms with Gasteiger partial charge in [-0.3, -0.25) is 0 Å². The zero-order valence-electron chi connectivity index (χ0n) is 22.1. The van der Waals surface area contributed by atoms with Crippen LogP contribution in [0.15, 0.2) is 36.4 Å². The first-order valence-electron chi connectivity index (χ1n) is 13.4. The third-order valence-electron chi connectivity index (χ3n) is 7.02.